The highest BCUT2D eigenvalue weighted by atomic mass is 16.1. The Balaban J connectivity index is 3.45. The Labute approximate surface area is 56.6 Å². The maximum atomic E-state index is 10.8. The van der Waals surface area contributed by atoms with Crippen molar-refractivity contribution in [3.63, 3.8) is 0 Å². The SMILES string of the molecule is [CH2-][NH2+]C(=O)C(C)CCC. The van der Waals surface area contributed by atoms with Crippen LogP contribution in [0.1, 0.15) is 26.7 Å². The molecule has 0 bridgehead atoms. The summed E-state index contributed by atoms with van der Waals surface area (Å²) in [5, 5.41) is 1.40. The molecule has 0 saturated heterocycles. The van der Waals surface area contributed by atoms with E-state index in [0.717, 1.165) is 12.8 Å². The summed E-state index contributed by atoms with van der Waals surface area (Å²) in [6.45, 7) is 4.01. The lowest BCUT2D eigenvalue weighted by Crippen LogP contribution is -2.82. The molecule has 0 heterocycles. The van der Waals surface area contributed by atoms with Crippen LogP contribution in [0.4, 0.5) is 0 Å². The molecule has 0 saturated carbocycles. The summed E-state index contributed by atoms with van der Waals surface area (Å²) < 4.78 is 0. The molecular weight excluding hydrogens is 114 g/mol. The first-order chi connectivity index (χ1) is 4.22. The summed E-state index contributed by atoms with van der Waals surface area (Å²) in [6, 6.07) is 0. The topological polar surface area (TPSA) is 33.7 Å². The van der Waals surface area contributed by atoms with Gasteiger partial charge in [0.1, 0.15) is 0 Å². The minimum atomic E-state index is 0.164. The lowest BCUT2D eigenvalue weighted by atomic mass is 10.1. The van der Waals surface area contributed by atoms with Crippen LogP contribution in [0, 0.1) is 13.0 Å². The van der Waals surface area contributed by atoms with Gasteiger partial charge in [-0.2, -0.15) is 0 Å². The maximum absolute atomic E-state index is 10.8. The van der Waals surface area contributed by atoms with Gasteiger partial charge in [-0.15, -0.1) is 7.05 Å². The first-order valence-corrected chi connectivity index (χ1v) is 3.38. The number of primary amides is 1. The standard InChI is InChI=1S/C7H15NO/c1-4-5-6(2)7(9)8-3/h6H,3-5,8H2,1-2H3. The fourth-order valence-corrected chi connectivity index (χ4v) is 0.776. The predicted molar refractivity (Wildman–Crippen MR) is 36.4 cm³/mol. The lowest BCUT2D eigenvalue weighted by molar-refractivity contribution is -0.510. The van der Waals surface area contributed by atoms with Crippen molar-refractivity contribution in [2.45, 2.75) is 26.7 Å². The molecule has 2 nitrogen and oxygen atoms in total. The molecule has 0 aromatic heterocycles. The van der Waals surface area contributed by atoms with Crippen LogP contribution in [0.2, 0.25) is 0 Å². The average molecular weight is 129 g/mol. The van der Waals surface area contributed by atoms with E-state index in [2.05, 4.69) is 14.0 Å². The summed E-state index contributed by atoms with van der Waals surface area (Å²) in [5.74, 6) is 0.337. The monoisotopic (exact) mass is 129 g/mol. The highest BCUT2D eigenvalue weighted by Crippen LogP contribution is 2.01. The van der Waals surface area contributed by atoms with Crippen LogP contribution in [0.3, 0.4) is 0 Å². The highest BCUT2D eigenvalue weighted by molar-refractivity contribution is 5.68. The number of carbonyl (C=O) groups excluding carboxylic acids is 1. The molecule has 0 spiro atoms. The maximum Gasteiger partial charge on any atom is 0.287 e. The summed E-state index contributed by atoms with van der Waals surface area (Å²) in [4.78, 5) is 10.8. The number of rotatable bonds is 3. The summed E-state index contributed by atoms with van der Waals surface area (Å²) in [7, 11) is 3.41. The molecule has 0 aromatic carbocycles. The van der Waals surface area contributed by atoms with Gasteiger partial charge in [-0.1, -0.05) is 13.3 Å². The summed E-state index contributed by atoms with van der Waals surface area (Å²) in [5.41, 5.74) is 0. The van der Waals surface area contributed by atoms with Gasteiger partial charge in [0, 0.05) is 0 Å². The van der Waals surface area contributed by atoms with Crippen molar-refractivity contribution in [1.29, 1.82) is 0 Å². The third kappa shape index (κ3) is 3.25. The molecule has 9 heavy (non-hydrogen) atoms. The first-order valence-electron chi connectivity index (χ1n) is 3.38. The zero-order valence-electron chi connectivity index (χ0n) is 6.18. The fourth-order valence-electron chi connectivity index (χ4n) is 0.776. The summed E-state index contributed by atoms with van der Waals surface area (Å²) >= 11 is 0. The van der Waals surface area contributed by atoms with E-state index < -0.39 is 0 Å². The molecule has 0 radical (unpaired) electrons. The number of hydrogen-bond donors (Lipinski definition) is 1. The third-order valence-electron chi connectivity index (χ3n) is 1.41. The van der Waals surface area contributed by atoms with E-state index in [4.69, 9.17) is 0 Å². The second-order valence-corrected chi connectivity index (χ2v) is 2.30. The first kappa shape index (κ1) is 8.63. The van der Waals surface area contributed by atoms with Crippen LogP contribution in [-0.4, -0.2) is 5.91 Å². The van der Waals surface area contributed by atoms with E-state index in [0.29, 0.717) is 0 Å². The molecule has 1 atom stereocenters. The highest BCUT2D eigenvalue weighted by Gasteiger charge is 2.10. The number of hydrogen-bond acceptors (Lipinski definition) is 1. The Morgan fingerprint density at radius 2 is 2.33 bits per heavy atom. The van der Waals surface area contributed by atoms with Gasteiger partial charge in [0.25, 0.3) is 5.91 Å². The smallest absolute Gasteiger partial charge is 0.287 e. The molecule has 0 aliphatic rings. The van der Waals surface area contributed by atoms with E-state index in [1.807, 2.05) is 6.92 Å². The predicted octanol–water partition coefficient (Wildman–Crippen LogP) is 0.304. The van der Waals surface area contributed by atoms with Crippen LogP contribution in [0.5, 0.6) is 0 Å². The largest absolute Gasteiger partial charge is 0.415 e. The van der Waals surface area contributed by atoms with Crippen LogP contribution in [0.15, 0.2) is 0 Å². The second-order valence-electron chi connectivity index (χ2n) is 2.30. The Hall–Kier alpha value is -0.370. The minimum absolute atomic E-state index is 0.164. The van der Waals surface area contributed by atoms with Crippen LogP contribution >= 0.6 is 0 Å². The second kappa shape index (κ2) is 4.50. The molecule has 0 aliphatic carbocycles. The fraction of sp³-hybridized carbons (Fsp3) is 0.714. The van der Waals surface area contributed by atoms with Gasteiger partial charge in [0.15, 0.2) is 0 Å². The van der Waals surface area contributed by atoms with Gasteiger partial charge in [-0.25, -0.2) is 4.79 Å². The van der Waals surface area contributed by atoms with Gasteiger partial charge >= 0.3 is 0 Å². The number of quaternary nitrogens is 1. The Bertz CT molecular complexity index is 90.9. The molecular formula is C7H15NO. The molecule has 2 N–H and O–H groups in total. The van der Waals surface area contributed by atoms with Crippen molar-refractivity contribution >= 4 is 5.91 Å². The van der Waals surface area contributed by atoms with Gasteiger partial charge in [-0.05, 0) is 13.3 Å². The number of carbonyl (C=O) groups is 1. The van der Waals surface area contributed by atoms with E-state index in [-0.39, 0.29) is 11.8 Å². The molecule has 1 amide bonds. The molecule has 2 heteroatoms. The van der Waals surface area contributed by atoms with E-state index in [1.54, 1.807) is 0 Å². The zero-order chi connectivity index (χ0) is 7.28. The van der Waals surface area contributed by atoms with Crippen molar-refractivity contribution in [2.24, 2.45) is 5.92 Å². The minimum Gasteiger partial charge on any atom is -0.415 e. The van der Waals surface area contributed by atoms with E-state index in [9.17, 15) is 4.79 Å². The molecule has 0 fully saturated rings. The van der Waals surface area contributed by atoms with Crippen molar-refractivity contribution in [1.82, 2.24) is 0 Å². The average Bonchev–Trinajstić information content (AvgIpc) is 1.87. The van der Waals surface area contributed by atoms with Crippen LogP contribution < -0.4 is 5.32 Å². The Kier molecular flexibility index (Phi) is 4.32. The molecule has 1 unspecified atom stereocenters. The quantitative estimate of drug-likeness (QED) is 0.546. The normalized spacial score (nSPS) is 13.2. The molecule has 54 valence electrons. The molecule has 0 aromatic rings. The zero-order valence-corrected chi connectivity index (χ0v) is 6.18. The molecule has 0 rings (SSSR count). The third-order valence-corrected chi connectivity index (χ3v) is 1.41. The van der Waals surface area contributed by atoms with Gasteiger partial charge in [0.05, 0.1) is 5.92 Å². The van der Waals surface area contributed by atoms with Crippen molar-refractivity contribution < 1.29 is 10.1 Å². The number of nitrogens with two attached hydrogens (primary N) is 1. The van der Waals surface area contributed by atoms with Crippen LogP contribution in [-0.2, 0) is 4.79 Å². The lowest BCUT2D eigenvalue weighted by Gasteiger charge is -2.05. The number of amides is 1. The van der Waals surface area contributed by atoms with Crippen molar-refractivity contribution in [2.75, 3.05) is 0 Å². The Morgan fingerprint density at radius 1 is 1.78 bits per heavy atom. The van der Waals surface area contributed by atoms with Crippen molar-refractivity contribution in [3.8, 4) is 0 Å². The van der Waals surface area contributed by atoms with Gasteiger partial charge < -0.3 is 5.32 Å². The van der Waals surface area contributed by atoms with E-state index in [1.165, 1.54) is 5.32 Å². The van der Waals surface area contributed by atoms with Gasteiger partial charge in [0.2, 0.25) is 0 Å². The Morgan fingerprint density at radius 3 is 2.67 bits per heavy atom. The van der Waals surface area contributed by atoms with Crippen molar-refractivity contribution in [3.05, 3.63) is 7.05 Å². The molecule has 0 aliphatic heterocycles. The van der Waals surface area contributed by atoms with E-state index >= 15 is 0 Å². The summed E-state index contributed by atoms with van der Waals surface area (Å²) in [6.07, 6.45) is 2.05. The van der Waals surface area contributed by atoms with Crippen LogP contribution in [0.25, 0.3) is 0 Å². The van der Waals surface area contributed by atoms with Gasteiger partial charge in [-0.3, -0.25) is 0 Å².